The molecule has 4 rings (SSSR count). The number of nitrogen functional groups attached to an aromatic ring is 1. The molecule has 0 radical (unpaired) electrons. The Morgan fingerprint density at radius 1 is 1.32 bits per heavy atom. The first-order chi connectivity index (χ1) is 9.31. The van der Waals surface area contributed by atoms with Gasteiger partial charge in [0.05, 0.1) is 0 Å². The van der Waals surface area contributed by atoms with Crippen molar-refractivity contribution >= 4 is 16.8 Å². The Hall–Kier alpha value is -2.70. The van der Waals surface area contributed by atoms with Gasteiger partial charge in [-0.05, 0) is 18.2 Å². The quantitative estimate of drug-likeness (QED) is 0.747. The Labute approximate surface area is 107 Å². The molecule has 3 heterocycles. The summed E-state index contributed by atoms with van der Waals surface area (Å²) in [5.41, 5.74) is 6.36. The van der Waals surface area contributed by atoms with Crippen LogP contribution in [0.3, 0.4) is 0 Å². The van der Waals surface area contributed by atoms with E-state index < -0.39 is 6.29 Å². The first kappa shape index (κ1) is 10.2. The van der Waals surface area contributed by atoms with E-state index in [1.165, 1.54) is 0 Å². The van der Waals surface area contributed by atoms with Gasteiger partial charge in [-0.15, -0.1) is 0 Å². The minimum absolute atomic E-state index is 0.301. The number of nitrogens with zero attached hydrogens (tertiary/aromatic N) is 3. The summed E-state index contributed by atoms with van der Waals surface area (Å²) in [6, 6.07) is 5.39. The number of rotatable bonds is 2. The minimum Gasteiger partial charge on any atom is -0.449 e. The Morgan fingerprint density at radius 2 is 2.26 bits per heavy atom. The molecule has 19 heavy (non-hydrogen) atoms. The van der Waals surface area contributed by atoms with Crippen LogP contribution in [-0.2, 0) is 6.54 Å². The van der Waals surface area contributed by atoms with Crippen molar-refractivity contribution in [3.05, 3.63) is 30.6 Å². The van der Waals surface area contributed by atoms with Gasteiger partial charge in [-0.1, -0.05) is 5.16 Å². The average molecular weight is 258 g/mol. The Morgan fingerprint density at radius 3 is 3.11 bits per heavy atom. The molecular formula is C12H10N4O3. The molecule has 2 aromatic heterocycles. The third-order valence-corrected chi connectivity index (χ3v) is 2.98. The number of fused-ring (bicyclic) bond motifs is 3. The molecule has 1 atom stereocenters. The maximum Gasteiger partial charge on any atom is 0.260 e. The zero-order chi connectivity index (χ0) is 12.8. The molecular weight excluding hydrogens is 248 g/mol. The number of ether oxygens (including phenoxy) is 2. The minimum atomic E-state index is -0.435. The smallest absolute Gasteiger partial charge is 0.260 e. The van der Waals surface area contributed by atoms with Crippen molar-refractivity contribution in [2.45, 2.75) is 12.8 Å². The van der Waals surface area contributed by atoms with E-state index in [4.69, 9.17) is 19.7 Å². The molecule has 1 unspecified atom stereocenters. The second-order valence-electron chi connectivity index (χ2n) is 4.23. The van der Waals surface area contributed by atoms with Crippen LogP contribution in [0.4, 0.5) is 5.82 Å². The molecule has 7 heteroatoms. The maximum atomic E-state index is 5.77. The molecule has 1 aromatic carbocycles. The molecule has 0 spiro atoms. The van der Waals surface area contributed by atoms with Crippen LogP contribution in [0.5, 0.6) is 11.5 Å². The van der Waals surface area contributed by atoms with Crippen LogP contribution in [0, 0.1) is 0 Å². The lowest BCUT2D eigenvalue weighted by molar-refractivity contribution is 0.0316. The number of nitrogens with two attached hydrogens (primary N) is 1. The number of hydrogen-bond acceptors (Lipinski definition) is 6. The van der Waals surface area contributed by atoms with E-state index in [-0.39, 0.29) is 0 Å². The standard InChI is InChI=1S/C12H10N4O3/c13-12-10-7(19-15-12)2-3-8-11(10)18-9(17-8)6-16-5-1-4-14-16/h1-5,9H,6H2,(H2,13,15). The monoisotopic (exact) mass is 258 g/mol. The third-order valence-electron chi connectivity index (χ3n) is 2.98. The van der Waals surface area contributed by atoms with Crippen LogP contribution in [-0.4, -0.2) is 21.2 Å². The molecule has 96 valence electrons. The first-order valence-corrected chi connectivity index (χ1v) is 5.80. The summed E-state index contributed by atoms with van der Waals surface area (Å²) >= 11 is 0. The number of benzene rings is 1. The van der Waals surface area contributed by atoms with E-state index >= 15 is 0 Å². The van der Waals surface area contributed by atoms with Crippen LogP contribution < -0.4 is 15.2 Å². The van der Waals surface area contributed by atoms with E-state index in [2.05, 4.69) is 10.3 Å². The molecule has 0 saturated heterocycles. The maximum absolute atomic E-state index is 5.77. The normalized spacial score (nSPS) is 17.2. The second kappa shape index (κ2) is 3.64. The number of hydrogen-bond donors (Lipinski definition) is 1. The molecule has 0 amide bonds. The van der Waals surface area contributed by atoms with Crippen LogP contribution >= 0.6 is 0 Å². The summed E-state index contributed by atoms with van der Waals surface area (Å²) in [5, 5.41) is 8.49. The Bertz CT molecular complexity index is 735. The van der Waals surface area contributed by atoms with Gasteiger partial charge >= 0.3 is 0 Å². The van der Waals surface area contributed by atoms with Crippen molar-refractivity contribution in [1.29, 1.82) is 0 Å². The highest BCUT2D eigenvalue weighted by Gasteiger charge is 2.29. The van der Waals surface area contributed by atoms with Crippen LogP contribution in [0.25, 0.3) is 11.0 Å². The van der Waals surface area contributed by atoms with Gasteiger partial charge in [0.1, 0.15) is 11.9 Å². The lowest BCUT2D eigenvalue weighted by Crippen LogP contribution is -2.24. The molecule has 0 bridgehead atoms. The predicted octanol–water partition coefficient (Wildman–Crippen LogP) is 1.40. The van der Waals surface area contributed by atoms with Crippen molar-refractivity contribution in [2.24, 2.45) is 0 Å². The van der Waals surface area contributed by atoms with Crippen LogP contribution in [0.15, 0.2) is 35.1 Å². The summed E-state index contributed by atoms with van der Waals surface area (Å²) in [4.78, 5) is 0. The fourth-order valence-corrected chi connectivity index (χ4v) is 2.15. The van der Waals surface area contributed by atoms with Crippen LogP contribution in [0.2, 0.25) is 0 Å². The van der Waals surface area contributed by atoms with Crippen molar-refractivity contribution < 1.29 is 14.0 Å². The fourth-order valence-electron chi connectivity index (χ4n) is 2.15. The first-order valence-electron chi connectivity index (χ1n) is 5.80. The summed E-state index contributed by atoms with van der Waals surface area (Å²) in [7, 11) is 0. The summed E-state index contributed by atoms with van der Waals surface area (Å²) in [6.07, 6.45) is 3.12. The highest BCUT2D eigenvalue weighted by molar-refractivity contribution is 5.95. The predicted molar refractivity (Wildman–Crippen MR) is 65.7 cm³/mol. The molecule has 2 N–H and O–H groups in total. The van der Waals surface area contributed by atoms with Gasteiger partial charge in [-0.3, -0.25) is 4.68 Å². The highest BCUT2D eigenvalue weighted by Crippen LogP contribution is 2.43. The van der Waals surface area contributed by atoms with Gasteiger partial charge in [-0.2, -0.15) is 5.10 Å². The number of anilines is 1. The van der Waals surface area contributed by atoms with Gasteiger partial charge in [-0.25, -0.2) is 0 Å². The molecule has 0 saturated carbocycles. The summed E-state index contributed by atoms with van der Waals surface area (Å²) in [5.74, 6) is 1.52. The van der Waals surface area contributed by atoms with Crippen molar-refractivity contribution in [2.75, 3.05) is 5.73 Å². The topological polar surface area (TPSA) is 88.3 Å². The molecule has 1 aliphatic rings. The Kier molecular flexibility index (Phi) is 1.96. The van der Waals surface area contributed by atoms with E-state index in [9.17, 15) is 0 Å². The fraction of sp³-hybridized carbons (Fsp3) is 0.167. The molecule has 7 nitrogen and oxygen atoms in total. The lowest BCUT2D eigenvalue weighted by Gasteiger charge is -2.09. The third kappa shape index (κ3) is 1.51. The van der Waals surface area contributed by atoms with Gasteiger partial charge in [0.25, 0.3) is 6.29 Å². The summed E-state index contributed by atoms with van der Waals surface area (Å²) in [6.45, 7) is 0.494. The van der Waals surface area contributed by atoms with Gasteiger partial charge in [0.15, 0.2) is 22.9 Å². The molecule has 0 aliphatic carbocycles. The van der Waals surface area contributed by atoms with Crippen molar-refractivity contribution in [1.82, 2.24) is 14.9 Å². The zero-order valence-electron chi connectivity index (χ0n) is 9.81. The average Bonchev–Trinajstić information content (AvgIpc) is 3.09. The lowest BCUT2D eigenvalue weighted by atomic mass is 10.2. The van der Waals surface area contributed by atoms with E-state index in [1.54, 1.807) is 23.0 Å². The van der Waals surface area contributed by atoms with Gasteiger partial charge in [0, 0.05) is 12.4 Å². The van der Waals surface area contributed by atoms with Crippen molar-refractivity contribution in [3.8, 4) is 11.5 Å². The van der Waals surface area contributed by atoms with Gasteiger partial charge in [0.2, 0.25) is 0 Å². The molecule has 0 fully saturated rings. The van der Waals surface area contributed by atoms with E-state index in [0.29, 0.717) is 34.8 Å². The van der Waals surface area contributed by atoms with E-state index in [1.807, 2.05) is 12.3 Å². The van der Waals surface area contributed by atoms with Crippen LogP contribution in [0.1, 0.15) is 0 Å². The molecule has 1 aliphatic heterocycles. The number of aromatic nitrogens is 3. The SMILES string of the molecule is Nc1noc2ccc3c(c12)OC(Cn1cccn1)O3. The highest BCUT2D eigenvalue weighted by atomic mass is 16.7. The largest absolute Gasteiger partial charge is 0.449 e. The molecule has 3 aromatic rings. The Balaban J connectivity index is 1.70. The van der Waals surface area contributed by atoms with E-state index in [0.717, 1.165) is 0 Å². The zero-order valence-corrected chi connectivity index (χ0v) is 9.81. The van der Waals surface area contributed by atoms with Crippen molar-refractivity contribution in [3.63, 3.8) is 0 Å². The second-order valence-corrected chi connectivity index (χ2v) is 4.23. The van der Waals surface area contributed by atoms with Gasteiger partial charge < -0.3 is 19.7 Å². The summed E-state index contributed by atoms with van der Waals surface area (Å²) < 4.78 is 18.3.